The van der Waals surface area contributed by atoms with Gasteiger partial charge >= 0.3 is 23.9 Å². The largest absolute Gasteiger partial charge is 0.494 e. The molecule has 0 aromatic heterocycles. The third-order valence-electron chi connectivity index (χ3n) is 24.5. The molecule has 0 fully saturated rings. The molecule has 0 bridgehead atoms. The van der Waals surface area contributed by atoms with Crippen LogP contribution in [-0.4, -0.2) is 63.5 Å². The van der Waals surface area contributed by atoms with Gasteiger partial charge in [0.25, 0.3) is 0 Å². The monoisotopic (exact) mass is 1920 g/mol. The Balaban J connectivity index is 0.000000163. The molecule has 16 rings (SSSR count). The highest BCUT2D eigenvalue weighted by Crippen LogP contribution is 2.42. The molecule has 0 N–H and O–H groups in total. The molecule has 16 aromatic rings. The van der Waals surface area contributed by atoms with E-state index in [1.54, 1.807) is 0 Å². The Hall–Kier alpha value is -16.8. The first-order chi connectivity index (χ1) is 70.8. The van der Waals surface area contributed by atoms with Crippen molar-refractivity contribution < 1.29 is 47.6 Å². The van der Waals surface area contributed by atoms with Crippen LogP contribution in [0, 0.1) is 41.5 Å². The molecule has 14 heteroatoms. The first-order valence-electron chi connectivity index (χ1n) is 49.8. The Morgan fingerprint density at radius 3 is 0.648 bits per heavy atom. The topological polar surface area (TPSA) is 137 Å². The normalized spacial score (nSPS) is 10.6. The van der Waals surface area contributed by atoms with Crippen molar-refractivity contribution in [3.05, 3.63) is 496 Å². The minimum atomic E-state index is -0.448. The van der Waals surface area contributed by atoms with Crippen molar-refractivity contribution >= 4 is 92.1 Å². The van der Waals surface area contributed by atoms with Gasteiger partial charge in [0.2, 0.25) is 0 Å². The number of unbranched alkanes of at least 4 members (excludes halogenated alkanes) is 7. The fourth-order valence-electron chi connectivity index (χ4n) is 16.4. The highest BCUT2D eigenvalue weighted by molar-refractivity contribution is 5.86. The summed E-state index contributed by atoms with van der Waals surface area (Å²) in [6.45, 7) is 28.7. The lowest BCUT2D eigenvalue weighted by atomic mass is 10.0. The molecular formula is C131H130N4O10. The lowest BCUT2D eigenvalue weighted by molar-refractivity contribution is -0.139. The minimum absolute atomic E-state index is 0.187. The van der Waals surface area contributed by atoms with Crippen molar-refractivity contribution in [1.29, 1.82) is 0 Å². The summed E-state index contributed by atoms with van der Waals surface area (Å²) >= 11 is 0. The van der Waals surface area contributed by atoms with Crippen LogP contribution in [0.2, 0.25) is 0 Å². The molecular weight excluding hydrogens is 1790 g/mol. The predicted molar refractivity (Wildman–Crippen MR) is 599 cm³/mol. The molecule has 0 radical (unpaired) electrons. The van der Waals surface area contributed by atoms with Crippen LogP contribution in [0.1, 0.15) is 102 Å². The molecule has 0 saturated heterocycles. The summed E-state index contributed by atoms with van der Waals surface area (Å²) in [7, 11) is 0. The Morgan fingerprint density at radius 1 is 0.193 bits per heavy atom. The van der Waals surface area contributed by atoms with E-state index in [2.05, 4.69) is 451 Å². The fourth-order valence-corrected chi connectivity index (χ4v) is 16.4. The Kier molecular flexibility index (Phi) is 40.7. The molecule has 16 aromatic carbocycles. The number of para-hydroxylation sites is 2. The lowest BCUT2D eigenvalue weighted by Crippen LogP contribution is -2.10. The number of ether oxygens (including phenoxy) is 6. The Bertz CT molecular complexity index is 6620. The van der Waals surface area contributed by atoms with Crippen molar-refractivity contribution in [1.82, 2.24) is 0 Å². The third kappa shape index (κ3) is 32.9. The van der Waals surface area contributed by atoms with Gasteiger partial charge in [-0.1, -0.05) is 329 Å². The van der Waals surface area contributed by atoms with Crippen LogP contribution in [0.5, 0.6) is 11.5 Å². The van der Waals surface area contributed by atoms with Crippen LogP contribution in [0.15, 0.2) is 451 Å². The molecule has 0 aliphatic heterocycles. The summed E-state index contributed by atoms with van der Waals surface area (Å²) < 4.78 is 31.7. The van der Waals surface area contributed by atoms with E-state index in [-0.39, 0.29) is 24.5 Å². The van der Waals surface area contributed by atoms with Crippen LogP contribution in [-0.2, 0) is 51.0 Å². The highest BCUT2D eigenvalue weighted by Gasteiger charge is 2.20. The number of hydrogen-bond acceptors (Lipinski definition) is 14. The molecule has 145 heavy (non-hydrogen) atoms. The molecule has 0 spiro atoms. The smallest absolute Gasteiger partial charge is 0.330 e. The number of rotatable bonds is 43. The molecule has 14 nitrogen and oxygen atoms in total. The fraction of sp³-hybridized carbons (Fsp3) is 0.176. The van der Waals surface area contributed by atoms with Crippen molar-refractivity contribution in [3.8, 4) is 56.0 Å². The summed E-state index contributed by atoms with van der Waals surface area (Å²) in [6, 6.07) is 140. The van der Waals surface area contributed by atoms with Crippen molar-refractivity contribution in [2.24, 2.45) is 0 Å². The zero-order chi connectivity index (χ0) is 102. The number of carbonyl (C=O) groups is 4. The van der Waals surface area contributed by atoms with Crippen LogP contribution < -0.4 is 29.1 Å². The summed E-state index contributed by atoms with van der Waals surface area (Å²) in [4.78, 5) is 53.5. The first-order valence-corrected chi connectivity index (χ1v) is 49.8. The van der Waals surface area contributed by atoms with Gasteiger partial charge in [-0.15, -0.1) is 0 Å². The molecule has 0 heterocycles. The van der Waals surface area contributed by atoms with Crippen LogP contribution in [0.4, 0.5) is 68.2 Å². The van der Waals surface area contributed by atoms with Gasteiger partial charge in [0, 0.05) is 99.0 Å². The predicted octanol–water partition coefficient (Wildman–Crippen LogP) is 33.4. The van der Waals surface area contributed by atoms with Gasteiger partial charge in [0.05, 0.1) is 26.4 Å². The van der Waals surface area contributed by atoms with E-state index in [9.17, 15) is 19.2 Å². The molecule has 0 aliphatic rings. The number of aryl methyl sites for hydroxylation is 7. The van der Waals surface area contributed by atoms with E-state index in [0.717, 1.165) is 152 Å². The number of esters is 4. The maximum atomic E-state index is 11.2. The standard InChI is InChI=1S/C39H45NO3.C31H29NO3.C31H29NO2.C30H27NO2/c1-4-39(41)43-30-12-10-8-6-5-7-9-11-29-42-38-27-19-34(20-28-38)33-17-25-37(26-18-33)40(35-21-13-31(2)14-22-35)36-23-15-32(3)16-24-36;1-4-31(33)35-22-21-34-30-19-11-26(12-20-30)25-9-17-29(18-10-25)32(27-13-5-23(2)6-14-27)28-15-7-24(3)8-16-28;1-3-31(33)34-23-7-8-25-13-15-26(16-14-25)27-17-21-30(22-18-27)32(28-9-5-4-6-10-28)29-19-11-24(2)12-20-29;1-3-30(32)33-22-21-24-11-13-25(14-12-24)26-15-19-29(20-16-26)31(27-7-5-4-6-8-27)28-17-9-23(2)10-18-28/h4,13-28H,1,5-12,29-30H2,2-3H3;4-20H,1,21-22H2,2-3H3;3-6,9-22H,1,7-8,23H2,2H3;3-20H,1,21-22H2,2H3. The van der Waals surface area contributed by atoms with Crippen LogP contribution >= 0.6 is 0 Å². The quantitative estimate of drug-likeness (QED) is 0.0155. The zero-order valence-electron chi connectivity index (χ0n) is 84.1. The average molecular weight is 1920 g/mol. The van der Waals surface area contributed by atoms with Gasteiger partial charge in [0.1, 0.15) is 24.7 Å². The van der Waals surface area contributed by atoms with E-state index in [1.807, 2.05) is 36.4 Å². The number of carbonyl (C=O) groups excluding carboxylic acids is 4. The van der Waals surface area contributed by atoms with Gasteiger partial charge in [-0.2, -0.15) is 0 Å². The maximum Gasteiger partial charge on any atom is 0.330 e. The summed E-state index contributed by atoms with van der Waals surface area (Å²) in [5, 5.41) is 0. The van der Waals surface area contributed by atoms with Gasteiger partial charge in [0.15, 0.2) is 0 Å². The second-order valence-corrected chi connectivity index (χ2v) is 35.5. The third-order valence-corrected chi connectivity index (χ3v) is 24.5. The number of anilines is 12. The van der Waals surface area contributed by atoms with Gasteiger partial charge in [-0.05, 0) is 293 Å². The first kappa shape index (κ1) is 105. The van der Waals surface area contributed by atoms with Crippen molar-refractivity contribution in [3.63, 3.8) is 0 Å². The van der Waals surface area contributed by atoms with E-state index in [4.69, 9.17) is 28.4 Å². The van der Waals surface area contributed by atoms with E-state index >= 15 is 0 Å². The lowest BCUT2D eigenvalue weighted by Gasteiger charge is -2.26. The number of nitrogens with zero attached hydrogens (tertiary/aromatic N) is 4. The second-order valence-electron chi connectivity index (χ2n) is 35.5. The van der Waals surface area contributed by atoms with Crippen LogP contribution in [0.25, 0.3) is 44.5 Å². The van der Waals surface area contributed by atoms with Gasteiger partial charge in [-0.25, -0.2) is 19.2 Å². The van der Waals surface area contributed by atoms with E-state index < -0.39 is 5.97 Å². The summed E-state index contributed by atoms with van der Waals surface area (Å²) in [6.07, 6.45) is 16.3. The van der Waals surface area contributed by atoms with Gasteiger partial charge < -0.3 is 48.0 Å². The zero-order valence-corrected chi connectivity index (χ0v) is 84.1. The van der Waals surface area contributed by atoms with Crippen LogP contribution in [0.3, 0.4) is 0 Å². The molecule has 0 unspecified atom stereocenters. The second kappa shape index (κ2) is 56.0. The molecule has 0 atom stereocenters. The van der Waals surface area contributed by atoms with Crippen molar-refractivity contribution in [2.75, 3.05) is 59.2 Å². The van der Waals surface area contributed by atoms with E-state index in [1.165, 1.54) is 112 Å². The molecule has 734 valence electrons. The number of benzene rings is 16. The molecule has 0 amide bonds. The van der Waals surface area contributed by atoms with E-state index in [0.29, 0.717) is 32.8 Å². The summed E-state index contributed by atoms with van der Waals surface area (Å²) in [5.41, 5.74) is 32.5. The highest BCUT2D eigenvalue weighted by atomic mass is 16.6. The SMILES string of the molecule is C=CC(=O)OCCCCCCCCCCOc1ccc(-c2ccc(N(c3ccc(C)cc3)c3ccc(C)cc3)cc2)cc1.C=CC(=O)OCCCc1ccc(-c2ccc(N(c3ccccc3)c3ccc(C)cc3)cc2)cc1.C=CC(=O)OCCOc1ccc(-c2ccc(N(c3ccc(C)cc3)c3ccc(C)cc3)cc2)cc1.C=CC(=O)OCCc1ccc(-c2ccc(N(c3ccccc3)c3ccc(C)cc3)cc2)cc1. The average Bonchev–Trinajstić information content (AvgIpc) is 0.806. The Morgan fingerprint density at radius 2 is 0.386 bits per heavy atom. The van der Waals surface area contributed by atoms with Crippen molar-refractivity contribution in [2.45, 2.75) is 112 Å². The molecule has 0 aliphatic carbocycles. The Labute approximate surface area is 857 Å². The summed E-state index contributed by atoms with van der Waals surface area (Å²) in [5.74, 6) is 0.112. The number of hydrogen-bond donors (Lipinski definition) is 0. The van der Waals surface area contributed by atoms with Gasteiger partial charge in [-0.3, -0.25) is 0 Å². The molecule has 0 saturated carbocycles. The maximum absolute atomic E-state index is 11.2. The minimum Gasteiger partial charge on any atom is -0.494 e.